The molecule has 5 fully saturated rings. The number of fused-ring (bicyclic) bond motifs is 5. The first-order valence-corrected chi connectivity index (χ1v) is 20.3. The van der Waals surface area contributed by atoms with Crippen LogP contribution in [0.25, 0.3) is 32.9 Å². The molecule has 5 aliphatic rings. The standard InChI is InChI=1S/C44H46F3N7O4/c1-3-32-35(46)11-8-27-17-31(55)18-33(37(27)32)39-38(47)40-34(20-48-39)41(51-43(50-40)58-24-44-13-5-14-53(44)22-28(45)19-44)52-15-12-25-16-30(23-52)54(21-25)42(57)26-6-9-29(10-7-26)49-36(56)4-2/h1,4,8,11,17-18,20,25-26,28-30,55H,2,5-7,9-10,12-16,19,21-24H2,(H,49,56)/t25?,26?,28-,29?,30?,44?/m1/s1. The molecule has 2 bridgehead atoms. The smallest absolute Gasteiger partial charge is 0.319 e. The Morgan fingerprint density at radius 3 is 2.72 bits per heavy atom. The SMILES string of the molecule is C#Cc1c(F)ccc2cc(O)cc(-c3ncc4c(N5CCC6CC(C5)N(C(=O)C5CCC(NC(=O)C=C)CC5)C6)nc(OCC56CCCN5C[C@H](F)C6)nc4c3F)c12. The minimum Gasteiger partial charge on any atom is -0.508 e. The number of rotatable bonds is 8. The van der Waals surface area contributed by atoms with Crippen LogP contribution < -0.4 is 15.0 Å². The van der Waals surface area contributed by atoms with E-state index in [0.29, 0.717) is 62.0 Å². The third kappa shape index (κ3) is 6.76. The number of hydrogen-bond donors (Lipinski definition) is 2. The number of likely N-dealkylation sites (tertiary alicyclic amines) is 1. The molecule has 11 nitrogen and oxygen atoms in total. The van der Waals surface area contributed by atoms with Crippen molar-refractivity contribution in [2.24, 2.45) is 11.8 Å². The summed E-state index contributed by atoms with van der Waals surface area (Å²) in [7, 11) is 0. The van der Waals surface area contributed by atoms with Crippen LogP contribution in [0.15, 0.2) is 43.1 Å². The van der Waals surface area contributed by atoms with Crippen LogP contribution in [-0.4, -0.2) is 105 Å². The molecular formula is C44H46F3N7O4. The fourth-order valence-electron chi connectivity index (χ4n) is 10.4. The van der Waals surface area contributed by atoms with E-state index in [1.54, 1.807) is 0 Å². The number of benzene rings is 2. The van der Waals surface area contributed by atoms with Crippen molar-refractivity contribution in [1.82, 2.24) is 30.1 Å². The lowest BCUT2D eigenvalue weighted by molar-refractivity contribution is -0.137. The molecule has 0 radical (unpaired) electrons. The van der Waals surface area contributed by atoms with E-state index < -0.39 is 23.3 Å². The molecule has 4 atom stereocenters. The van der Waals surface area contributed by atoms with Gasteiger partial charge in [0.1, 0.15) is 41.4 Å². The molecule has 3 unspecified atom stereocenters. The van der Waals surface area contributed by atoms with E-state index >= 15 is 8.78 Å². The molecule has 4 aromatic rings. The predicted octanol–water partition coefficient (Wildman–Crippen LogP) is 6.05. The van der Waals surface area contributed by atoms with Crippen molar-refractivity contribution in [2.75, 3.05) is 44.2 Å². The number of anilines is 1. The molecule has 4 saturated heterocycles. The summed E-state index contributed by atoms with van der Waals surface area (Å²) in [6.07, 6.45) is 14.0. The minimum absolute atomic E-state index is 0.0262. The molecule has 14 heteroatoms. The quantitative estimate of drug-likeness (QED) is 0.162. The average molecular weight is 794 g/mol. The van der Waals surface area contributed by atoms with Crippen LogP contribution in [0.2, 0.25) is 0 Å². The number of terminal acetylenes is 1. The first kappa shape index (κ1) is 38.1. The zero-order valence-corrected chi connectivity index (χ0v) is 32.2. The fourth-order valence-corrected chi connectivity index (χ4v) is 10.4. The van der Waals surface area contributed by atoms with E-state index in [2.05, 4.69) is 37.6 Å². The molecule has 9 rings (SSSR count). The second-order valence-corrected chi connectivity index (χ2v) is 16.8. The number of nitrogens with zero attached hydrogens (tertiary/aromatic N) is 6. The van der Waals surface area contributed by atoms with Crippen LogP contribution in [0.1, 0.15) is 63.4 Å². The number of aromatic nitrogens is 3. The Labute approximate surface area is 334 Å². The summed E-state index contributed by atoms with van der Waals surface area (Å²) in [5.41, 5.74) is -0.764. The van der Waals surface area contributed by atoms with E-state index in [-0.39, 0.29) is 81.8 Å². The molecule has 2 aromatic heterocycles. The van der Waals surface area contributed by atoms with Crippen LogP contribution in [0.4, 0.5) is 19.0 Å². The number of ether oxygens (including phenoxy) is 1. The van der Waals surface area contributed by atoms with Gasteiger partial charge in [-0.25, -0.2) is 13.2 Å². The van der Waals surface area contributed by atoms with Crippen LogP contribution in [0.3, 0.4) is 0 Å². The Morgan fingerprint density at radius 1 is 1.10 bits per heavy atom. The minimum atomic E-state index is -0.968. The van der Waals surface area contributed by atoms with Gasteiger partial charge in [-0.2, -0.15) is 9.97 Å². The normalized spacial score (nSPS) is 27.0. The van der Waals surface area contributed by atoms with Gasteiger partial charge in [0.2, 0.25) is 11.8 Å². The van der Waals surface area contributed by atoms with E-state index in [9.17, 15) is 19.1 Å². The summed E-state index contributed by atoms with van der Waals surface area (Å²) in [5, 5.41) is 14.6. The van der Waals surface area contributed by atoms with Crippen molar-refractivity contribution < 1.29 is 32.6 Å². The highest BCUT2D eigenvalue weighted by Gasteiger charge is 2.49. The second-order valence-electron chi connectivity index (χ2n) is 16.8. The number of hydrogen-bond acceptors (Lipinski definition) is 9. The van der Waals surface area contributed by atoms with Gasteiger partial charge in [-0.3, -0.25) is 19.5 Å². The van der Waals surface area contributed by atoms with Gasteiger partial charge >= 0.3 is 6.01 Å². The largest absolute Gasteiger partial charge is 0.508 e. The number of amides is 2. The van der Waals surface area contributed by atoms with E-state index in [4.69, 9.17) is 16.1 Å². The van der Waals surface area contributed by atoms with Crippen molar-refractivity contribution in [3.05, 3.63) is 60.3 Å². The number of halogens is 3. The Kier molecular flexibility index (Phi) is 9.90. The third-order valence-electron chi connectivity index (χ3n) is 13.3. The maximum absolute atomic E-state index is 17.2. The Balaban J connectivity index is 1.07. The Bertz CT molecular complexity index is 2360. The number of carbonyl (C=O) groups excluding carboxylic acids is 2. The molecule has 1 aliphatic carbocycles. The van der Waals surface area contributed by atoms with Gasteiger partial charge in [0.05, 0.1) is 16.5 Å². The van der Waals surface area contributed by atoms with E-state index in [0.717, 1.165) is 45.1 Å². The van der Waals surface area contributed by atoms with Crippen LogP contribution >= 0.6 is 0 Å². The van der Waals surface area contributed by atoms with Gasteiger partial charge in [-0.1, -0.05) is 18.6 Å². The monoisotopic (exact) mass is 793 g/mol. The molecule has 6 heterocycles. The number of phenols is 1. The van der Waals surface area contributed by atoms with Crippen LogP contribution in [0.5, 0.6) is 11.8 Å². The predicted molar refractivity (Wildman–Crippen MR) is 213 cm³/mol. The maximum atomic E-state index is 17.2. The lowest BCUT2D eigenvalue weighted by Gasteiger charge is -2.36. The van der Waals surface area contributed by atoms with Gasteiger partial charge in [0.15, 0.2) is 5.82 Å². The fraction of sp³-hybridized carbons (Fsp3) is 0.477. The van der Waals surface area contributed by atoms with Crippen molar-refractivity contribution in [3.63, 3.8) is 0 Å². The molecule has 2 amide bonds. The molecular weight excluding hydrogens is 748 g/mol. The Morgan fingerprint density at radius 2 is 1.93 bits per heavy atom. The van der Waals surface area contributed by atoms with Crippen LogP contribution in [-0.2, 0) is 9.59 Å². The van der Waals surface area contributed by atoms with Crippen molar-refractivity contribution in [1.29, 1.82) is 0 Å². The van der Waals surface area contributed by atoms with Crippen LogP contribution in [0, 0.1) is 35.8 Å². The summed E-state index contributed by atoms with van der Waals surface area (Å²) >= 11 is 0. The number of phenolic OH excluding ortho intramolecular Hbond substituents is 1. The average Bonchev–Trinajstić information content (AvgIpc) is 3.84. The zero-order chi connectivity index (χ0) is 40.3. The molecule has 2 aromatic carbocycles. The van der Waals surface area contributed by atoms with Crippen molar-refractivity contribution in [3.8, 4) is 35.4 Å². The lowest BCUT2D eigenvalue weighted by Crippen LogP contribution is -2.48. The zero-order valence-electron chi connectivity index (χ0n) is 32.2. The molecule has 4 aliphatic heterocycles. The highest BCUT2D eigenvalue weighted by Crippen LogP contribution is 2.43. The number of pyridine rings is 1. The first-order chi connectivity index (χ1) is 28.0. The summed E-state index contributed by atoms with van der Waals surface area (Å²) in [6.45, 7) is 6.50. The summed E-state index contributed by atoms with van der Waals surface area (Å²) < 4.78 is 53.3. The summed E-state index contributed by atoms with van der Waals surface area (Å²) in [4.78, 5) is 46.2. The third-order valence-corrected chi connectivity index (χ3v) is 13.3. The number of carbonyl (C=O) groups is 2. The summed E-state index contributed by atoms with van der Waals surface area (Å²) in [6, 6.07) is 5.25. The molecule has 2 N–H and O–H groups in total. The molecule has 302 valence electrons. The van der Waals surface area contributed by atoms with E-state index in [1.807, 2.05) is 4.90 Å². The first-order valence-electron chi connectivity index (χ1n) is 20.3. The van der Waals surface area contributed by atoms with Crippen molar-refractivity contribution >= 4 is 39.3 Å². The topological polar surface area (TPSA) is 124 Å². The maximum Gasteiger partial charge on any atom is 0.319 e. The van der Waals surface area contributed by atoms with Gasteiger partial charge in [0, 0.05) is 67.7 Å². The second kappa shape index (κ2) is 15.1. The van der Waals surface area contributed by atoms with Gasteiger partial charge in [-0.05, 0) is 93.5 Å². The molecule has 0 spiro atoms. The number of aromatic hydroxyl groups is 1. The van der Waals surface area contributed by atoms with E-state index in [1.165, 1.54) is 36.5 Å². The number of alkyl halides is 1. The summed E-state index contributed by atoms with van der Waals surface area (Å²) in [5.74, 6) is 1.17. The highest BCUT2D eigenvalue weighted by molar-refractivity contribution is 6.03. The van der Waals surface area contributed by atoms with Gasteiger partial charge in [-0.15, -0.1) is 6.42 Å². The molecule has 58 heavy (non-hydrogen) atoms. The Hall–Kier alpha value is -5.42. The van der Waals surface area contributed by atoms with Gasteiger partial charge in [0.25, 0.3) is 0 Å². The lowest BCUT2D eigenvalue weighted by atomic mass is 9.85. The van der Waals surface area contributed by atoms with Gasteiger partial charge < -0.3 is 25.0 Å². The number of nitrogens with one attached hydrogen (secondary N) is 1. The highest BCUT2D eigenvalue weighted by atomic mass is 19.1. The van der Waals surface area contributed by atoms with Crippen molar-refractivity contribution in [2.45, 2.75) is 81.6 Å². The molecule has 1 saturated carbocycles.